The fraction of sp³-hybridized carbons (Fsp3) is 0.769. The molecule has 1 N–H and O–H groups in total. The molecule has 1 aromatic heterocycles. The summed E-state index contributed by atoms with van der Waals surface area (Å²) in [5, 5.41) is 6.88. The summed E-state index contributed by atoms with van der Waals surface area (Å²) >= 11 is 1.78. The van der Waals surface area contributed by atoms with Crippen molar-refractivity contribution in [1.82, 2.24) is 15.2 Å². The lowest BCUT2D eigenvalue weighted by atomic mass is 10.2. The summed E-state index contributed by atoms with van der Waals surface area (Å²) in [7, 11) is 0. The van der Waals surface area contributed by atoms with E-state index in [0.717, 1.165) is 32.6 Å². The van der Waals surface area contributed by atoms with Gasteiger partial charge in [0.15, 0.2) is 0 Å². The van der Waals surface area contributed by atoms with Crippen LogP contribution in [0, 0.1) is 0 Å². The normalized spacial score (nSPS) is 13.2. The highest BCUT2D eigenvalue weighted by Gasteiger charge is 2.06. The van der Waals surface area contributed by atoms with Crippen molar-refractivity contribution in [2.24, 2.45) is 0 Å². The van der Waals surface area contributed by atoms with E-state index in [1.54, 1.807) is 11.3 Å². The summed E-state index contributed by atoms with van der Waals surface area (Å²) in [6.07, 6.45) is 1.16. The van der Waals surface area contributed by atoms with E-state index in [1.165, 1.54) is 10.7 Å². The SMILES string of the molecule is CCC(C)NCc1csc(CN(CC)CC)n1. The maximum absolute atomic E-state index is 4.67. The lowest BCUT2D eigenvalue weighted by Gasteiger charge is -2.15. The van der Waals surface area contributed by atoms with Gasteiger partial charge in [0.05, 0.1) is 12.2 Å². The summed E-state index contributed by atoms with van der Waals surface area (Å²) in [5.74, 6) is 0. The largest absolute Gasteiger partial charge is 0.309 e. The Morgan fingerprint density at radius 2 is 2.06 bits per heavy atom. The second-order valence-corrected chi connectivity index (χ2v) is 5.33. The average molecular weight is 255 g/mol. The smallest absolute Gasteiger partial charge is 0.107 e. The van der Waals surface area contributed by atoms with Gasteiger partial charge in [-0.25, -0.2) is 4.98 Å². The first kappa shape index (κ1) is 14.6. The minimum atomic E-state index is 0.572. The lowest BCUT2D eigenvalue weighted by Crippen LogP contribution is -2.25. The van der Waals surface area contributed by atoms with E-state index in [-0.39, 0.29) is 0 Å². The topological polar surface area (TPSA) is 28.2 Å². The first-order chi connectivity index (χ1) is 8.19. The highest BCUT2D eigenvalue weighted by atomic mass is 32.1. The molecule has 1 heterocycles. The third kappa shape index (κ3) is 5.15. The Labute approximate surface area is 109 Å². The standard InChI is InChI=1S/C13H25N3S/c1-5-11(4)14-8-12-10-17-13(15-12)9-16(6-2)7-3/h10-11,14H,5-9H2,1-4H3. The third-order valence-electron chi connectivity index (χ3n) is 3.10. The molecule has 0 spiro atoms. The lowest BCUT2D eigenvalue weighted by molar-refractivity contribution is 0.295. The summed E-state index contributed by atoms with van der Waals surface area (Å²) < 4.78 is 0. The number of thiazole rings is 1. The van der Waals surface area contributed by atoms with Crippen molar-refractivity contribution in [1.29, 1.82) is 0 Å². The van der Waals surface area contributed by atoms with E-state index >= 15 is 0 Å². The van der Waals surface area contributed by atoms with Crippen LogP contribution in [0.3, 0.4) is 0 Å². The van der Waals surface area contributed by atoms with Crippen molar-refractivity contribution in [3.8, 4) is 0 Å². The zero-order valence-corrected chi connectivity index (χ0v) is 12.3. The summed E-state index contributed by atoms with van der Waals surface area (Å²) in [6.45, 7) is 12.9. The maximum atomic E-state index is 4.67. The maximum Gasteiger partial charge on any atom is 0.107 e. The van der Waals surface area contributed by atoms with E-state index in [4.69, 9.17) is 0 Å². The Kier molecular flexibility index (Phi) is 6.70. The van der Waals surface area contributed by atoms with Crippen LogP contribution in [0.5, 0.6) is 0 Å². The van der Waals surface area contributed by atoms with Crippen molar-refractivity contribution < 1.29 is 0 Å². The predicted molar refractivity (Wildman–Crippen MR) is 75.3 cm³/mol. The molecule has 3 nitrogen and oxygen atoms in total. The molecule has 0 saturated heterocycles. The highest BCUT2D eigenvalue weighted by Crippen LogP contribution is 2.12. The molecule has 1 aromatic rings. The van der Waals surface area contributed by atoms with E-state index in [9.17, 15) is 0 Å². The monoisotopic (exact) mass is 255 g/mol. The number of rotatable bonds is 8. The molecule has 1 atom stereocenters. The highest BCUT2D eigenvalue weighted by molar-refractivity contribution is 7.09. The Bertz CT molecular complexity index is 307. The minimum Gasteiger partial charge on any atom is -0.309 e. The molecule has 1 rings (SSSR count). The molecule has 1 unspecified atom stereocenters. The molecular weight excluding hydrogens is 230 g/mol. The number of aromatic nitrogens is 1. The quantitative estimate of drug-likeness (QED) is 0.774. The van der Waals surface area contributed by atoms with Gasteiger partial charge in [0, 0.05) is 18.0 Å². The number of nitrogens with one attached hydrogen (secondary N) is 1. The van der Waals surface area contributed by atoms with Crippen LogP contribution in [0.15, 0.2) is 5.38 Å². The predicted octanol–water partition coefficient (Wildman–Crippen LogP) is 2.87. The van der Waals surface area contributed by atoms with Gasteiger partial charge >= 0.3 is 0 Å². The van der Waals surface area contributed by atoms with Crippen LogP contribution in [0.25, 0.3) is 0 Å². The van der Waals surface area contributed by atoms with E-state index in [1.807, 2.05) is 0 Å². The molecule has 0 bridgehead atoms. The van der Waals surface area contributed by atoms with Crippen molar-refractivity contribution in [2.45, 2.75) is 53.2 Å². The number of hydrogen-bond donors (Lipinski definition) is 1. The molecule has 0 amide bonds. The van der Waals surface area contributed by atoms with Crippen LogP contribution in [0.4, 0.5) is 0 Å². The Balaban J connectivity index is 2.42. The fourth-order valence-corrected chi connectivity index (χ4v) is 2.40. The molecule has 4 heteroatoms. The second kappa shape index (κ2) is 7.80. The molecule has 0 aliphatic carbocycles. The summed E-state index contributed by atoms with van der Waals surface area (Å²) in [5.41, 5.74) is 1.18. The molecule has 0 aromatic carbocycles. The fourth-order valence-electron chi connectivity index (χ4n) is 1.56. The van der Waals surface area contributed by atoms with Gasteiger partial charge in [-0.15, -0.1) is 11.3 Å². The Hall–Kier alpha value is -0.450. The molecule has 0 saturated carbocycles. The molecule has 17 heavy (non-hydrogen) atoms. The molecule has 98 valence electrons. The van der Waals surface area contributed by atoms with Gasteiger partial charge in [-0.3, -0.25) is 4.90 Å². The third-order valence-corrected chi connectivity index (χ3v) is 3.98. The van der Waals surface area contributed by atoms with Gasteiger partial charge in [0.2, 0.25) is 0 Å². The number of nitrogens with zero attached hydrogens (tertiary/aromatic N) is 2. The average Bonchev–Trinajstić information content (AvgIpc) is 2.80. The van der Waals surface area contributed by atoms with Crippen molar-refractivity contribution in [2.75, 3.05) is 13.1 Å². The zero-order chi connectivity index (χ0) is 12.7. The second-order valence-electron chi connectivity index (χ2n) is 4.38. The van der Waals surface area contributed by atoms with Crippen LogP contribution < -0.4 is 5.32 Å². The van der Waals surface area contributed by atoms with Crippen molar-refractivity contribution in [3.05, 3.63) is 16.1 Å². The molecule has 0 aliphatic rings. The van der Waals surface area contributed by atoms with Gasteiger partial charge in [-0.1, -0.05) is 20.8 Å². The molecule has 0 radical (unpaired) electrons. The van der Waals surface area contributed by atoms with Gasteiger partial charge in [0.25, 0.3) is 0 Å². The first-order valence-corrected chi connectivity index (χ1v) is 7.46. The van der Waals surface area contributed by atoms with E-state index in [2.05, 4.69) is 48.3 Å². The van der Waals surface area contributed by atoms with Gasteiger partial charge in [-0.2, -0.15) is 0 Å². The summed E-state index contributed by atoms with van der Waals surface area (Å²) in [4.78, 5) is 7.06. The first-order valence-electron chi connectivity index (χ1n) is 6.58. The van der Waals surface area contributed by atoms with Crippen LogP contribution in [0.2, 0.25) is 0 Å². The van der Waals surface area contributed by atoms with E-state index in [0.29, 0.717) is 6.04 Å². The Morgan fingerprint density at radius 1 is 1.35 bits per heavy atom. The molecule has 0 aliphatic heterocycles. The van der Waals surface area contributed by atoms with Crippen molar-refractivity contribution in [3.63, 3.8) is 0 Å². The van der Waals surface area contributed by atoms with Gasteiger partial charge < -0.3 is 5.32 Å². The van der Waals surface area contributed by atoms with Crippen LogP contribution in [0.1, 0.15) is 44.8 Å². The van der Waals surface area contributed by atoms with Crippen LogP contribution in [-0.2, 0) is 13.1 Å². The van der Waals surface area contributed by atoms with Gasteiger partial charge in [0.1, 0.15) is 5.01 Å². The number of hydrogen-bond acceptors (Lipinski definition) is 4. The summed E-state index contributed by atoms with van der Waals surface area (Å²) in [6, 6.07) is 0.572. The minimum absolute atomic E-state index is 0.572. The molecular formula is C13H25N3S. The van der Waals surface area contributed by atoms with Crippen LogP contribution >= 0.6 is 11.3 Å². The molecule has 0 fully saturated rings. The Morgan fingerprint density at radius 3 is 2.65 bits per heavy atom. The van der Waals surface area contributed by atoms with E-state index < -0.39 is 0 Å². The van der Waals surface area contributed by atoms with Crippen LogP contribution in [-0.4, -0.2) is 29.0 Å². The van der Waals surface area contributed by atoms with Crippen molar-refractivity contribution >= 4 is 11.3 Å². The van der Waals surface area contributed by atoms with Gasteiger partial charge in [-0.05, 0) is 26.4 Å². The zero-order valence-electron chi connectivity index (χ0n) is 11.5.